The molecule has 2 heterocycles. The molecule has 2 aromatic heterocycles. The Balaban J connectivity index is 1.68. The maximum absolute atomic E-state index is 4.72. The number of fused-ring (bicyclic) bond motifs is 5. The molecule has 0 spiro atoms. The van der Waals surface area contributed by atoms with Crippen molar-refractivity contribution in [2.24, 2.45) is 0 Å². The van der Waals surface area contributed by atoms with Gasteiger partial charge in [-0.3, -0.25) is 4.98 Å². The van der Waals surface area contributed by atoms with Crippen molar-refractivity contribution in [3.8, 4) is 22.3 Å². The van der Waals surface area contributed by atoms with Gasteiger partial charge >= 0.3 is 0 Å². The molecule has 0 saturated carbocycles. The Kier molecular flexibility index (Phi) is 4.36. The molecule has 1 aliphatic rings. The molecule has 3 heteroatoms. The monoisotopic (exact) mass is 447 g/mol. The maximum Gasteiger partial charge on any atom is 0.115 e. The van der Waals surface area contributed by atoms with Gasteiger partial charge in [0.25, 0.3) is 0 Å². The lowest BCUT2D eigenvalue weighted by Gasteiger charge is -2.34. The fraction of sp³-hybridized carbons (Fsp3) is 0.0312. The highest BCUT2D eigenvalue weighted by molar-refractivity contribution is 5.99. The summed E-state index contributed by atoms with van der Waals surface area (Å²) in [6.45, 7) is 0. The molecule has 0 fully saturated rings. The SMILES string of the molecule is c1ccc(C2(c3ccccc3)c3cc(-c4cncnc4)ccc3-c3ccc4ncccc4c32)cc1. The molecule has 4 aromatic carbocycles. The first kappa shape index (κ1) is 19.8. The minimum absolute atomic E-state index is 0.485. The van der Waals surface area contributed by atoms with Crippen molar-refractivity contribution in [3.63, 3.8) is 0 Å². The van der Waals surface area contributed by atoms with Gasteiger partial charge in [-0.15, -0.1) is 0 Å². The smallest absolute Gasteiger partial charge is 0.115 e. The molecule has 0 aliphatic heterocycles. The van der Waals surface area contributed by atoms with Crippen LogP contribution in [0.1, 0.15) is 22.3 Å². The zero-order valence-electron chi connectivity index (χ0n) is 19.0. The van der Waals surface area contributed by atoms with Gasteiger partial charge in [0.05, 0.1) is 10.9 Å². The van der Waals surface area contributed by atoms with E-state index in [9.17, 15) is 0 Å². The summed E-state index contributed by atoms with van der Waals surface area (Å²) < 4.78 is 0. The maximum atomic E-state index is 4.72. The molecule has 7 rings (SSSR count). The summed E-state index contributed by atoms with van der Waals surface area (Å²) >= 11 is 0. The van der Waals surface area contributed by atoms with Crippen LogP contribution in [0.15, 0.2) is 128 Å². The Morgan fingerprint density at radius 2 is 1.26 bits per heavy atom. The van der Waals surface area contributed by atoms with E-state index in [1.54, 1.807) is 6.33 Å². The fourth-order valence-electron chi connectivity index (χ4n) is 5.78. The third-order valence-corrected chi connectivity index (χ3v) is 7.18. The first-order valence-corrected chi connectivity index (χ1v) is 11.8. The number of benzene rings is 4. The first-order valence-electron chi connectivity index (χ1n) is 11.8. The van der Waals surface area contributed by atoms with Crippen LogP contribution in [0, 0.1) is 0 Å². The van der Waals surface area contributed by atoms with Gasteiger partial charge in [0.2, 0.25) is 0 Å². The predicted octanol–water partition coefficient (Wildman–Crippen LogP) is 7.05. The normalized spacial score (nSPS) is 13.4. The Labute approximate surface area is 203 Å². The highest BCUT2D eigenvalue weighted by atomic mass is 14.8. The summed E-state index contributed by atoms with van der Waals surface area (Å²) in [7, 11) is 0. The van der Waals surface area contributed by atoms with Crippen LogP contribution in [0.3, 0.4) is 0 Å². The highest BCUT2D eigenvalue weighted by Crippen LogP contribution is 2.58. The Hall–Kier alpha value is -4.63. The summed E-state index contributed by atoms with van der Waals surface area (Å²) in [5.74, 6) is 0. The largest absolute Gasteiger partial charge is 0.256 e. The van der Waals surface area contributed by atoms with Gasteiger partial charge in [0, 0.05) is 29.5 Å². The van der Waals surface area contributed by atoms with E-state index in [2.05, 4.69) is 107 Å². The highest BCUT2D eigenvalue weighted by Gasteiger charge is 2.47. The van der Waals surface area contributed by atoms with Crippen molar-refractivity contribution in [2.45, 2.75) is 5.41 Å². The lowest BCUT2D eigenvalue weighted by Crippen LogP contribution is -2.29. The number of hydrogen-bond donors (Lipinski definition) is 0. The average Bonchev–Trinajstić information content (AvgIpc) is 3.25. The second-order valence-corrected chi connectivity index (χ2v) is 8.93. The molecule has 1 aliphatic carbocycles. The van der Waals surface area contributed by atoms with Gasteiger partial charge in [0.1, 0.15) is 6.33 Å². The minimum atomic E-state index is -0.485. The van der Waals surface area contributed by atoms with Crippen molar-refractivity contribution in [1.29, 1.82) is 0 Å². The molecule has 3 nitrogen and oxygen atoms in total. The Morgan fingerprint density at radius 3 is 1.97 bits per heavy atom. The standard InChI is InChI=1S/C32H21N3/c1-3-8-24(9-4-1)32(25-10-5-2-6-11-25)29-18-22(23-19-33-21-34-20-23)13-14-26(29)27-15-16-30-28(31(27)32)12-7-17-35-30/h1-21H. The third-order valence-electron chi connectivity index (χ3n) is 7.18. The van der Waals surface area contributed by atoms with E-state index in [1.807, 2.05) is 24.7 Å². The quantitative estimate of drug-likeness (QED) is 0.291. The first-order chi connectivity index (χ1) is 17.4. The molecule has 35 heavy (non-hydrogen) atoms. The molecule has 6 aromatic rings. The molecule has 0 saturated heterocycles. The van der Waals surface area contributed by atoms with Gasteiger partial charge in [0.15, 0.2) is 0 Å². The topological polar surface area (TPSA) is 38.7 Å². The van der Waals surface area contributed by atoms with Crippen LogP contribution >= 0.6 is 0 Å². The van der Waals surface area contributed by atoms with E-state index in [1.165, 1.54) is 38.8 Å². The fourth-order valence-corrected chi connectivity index (χ4v) is 5.78. The van der Waals surface area contributed by atoms with Crippen LogP contribution in [-0.4, -0.2) is 15.0 Å². The second kappa shape index (κ2) is 7.71. The number of nitrogens with zero attached hydrogens (tertiary/aromatic N) is 3. The number of rotatable bonds is 3. The number of aromatic nitrogens is 3. The van der Waals surface area contributed by atoms with Crippen LogP contribution in [0.4, 0.5) is 0 Å². The van der Waals surface area contributed by atoms with E-state index >= 15 is 0 Å². The lowest BCUT2D eigenvalue weighted by molar-refractivity contribution is 0.775. The van der Waals surface area contributed by atoms with Gasteiger partial charge in [-0.2, -0.15) is 0 Å². The molecule has 0 radical (unpaired) electrons. The van der Waals surface area contributed by atoms with Crippen molar-refractivity contribution < 1.29 is 0 Å². The summed E-state index contributed by atoms with van der Waals surface area (Å²) in [6.07, 6.45) is 7.20. The van der Waals surface area contributed by atoms with Crippen LogP contribution in [0.2, 0.25) is 0 Å². The van der Waals surface area contributed by atoms with Crippen molar-refractivity contribution in [2.75, 3.05) is 0 Å². The minimum Gasteiger partial charge on any atom is -0.256 e. The zero-order chi connectivity index (χ0) is 23.2. The van der Waals surface area contributed by atoms with E-state index in [0.717, 1.165) is 16.6 Å². The van der Waals surface area contributed by atoms with Gasteiger partial charge < -0.3 is 0 Å². The average molecular weight is 448 g/mol. The number of hydrogen-bond acceptors (Lipinski definition) is 3. The molecule has 164 valence electrons. The summed E-state index contributed by atoms with van der Waals surface area (Å²) in [6, 6.07) is 37.1. The third kappa shape index (κ3) is 2.82. The van der Waals surface area contributed by atoms with Crippen molar-refractivity contribution in [1.82, 2.24) is 15.0 Å². The summed E-state index contributed by atoms with van der Waals surface area (Å²) in [5.41, 5.74) is 10.2. The zero-order valence-corrected chi connectivity index (χ0v) is 19.0. The van der Waals surface area contributed by atoms with E-state index in [4.69, 9.17) is 4.98 Å². The number of pyridine rings is 1. The predicted molar refractivity (Wildman–Crippen MR) is 140 cm³/mol. The van der Waals surface area contributed by atoms with Crippen LogP contribution in [-0.2, 0) is 5.41 Å². The van der Waals surface area contributed by atoms with Crippen LogP contribution < -0.4 is 0 Å². The molecule has 0 unspecified atom stereocenters. The molecule has 0 bridgehead atoms. The Morgan fingerprint density at radius 1 is 0.571 bits per heavy atom. The van der Waals surface area contributed by atoms with E-state index in [-0.39, 0.29) is 0 Å². The van der Waals surface area contributed by atoms with E-state index in [0.29, 0.717) is 0 Å². The Bertz CT molecular complexity index is 1640. The van der Waals surface area contributed by atoms with Crippen LogP contribution in [0.5, 0.6) is 0 Å². The van der Waals surface area contributed by atoms with Crippen molar-refractivity contribution >= 4 is 10.9 Å². The molecule has 0 amide bonds. The van der Waals surface area contributed by atoms with Gasteiger partial charge in [-0.05, 0) is 57.1 Å². The summed E-state index contributed by atoms with van der Waals surface area (Å²) in [4.78, 5) is 13.3. The van der Waals surface area contributed by atoms with E-state index < -0.39 is 5.41 Å². The van der Waals surface area contributed by atoms with Crippen LogP contribution in [0.25, 0.3) is 33.2 Å². The second-order valence-electron chi connectivity index (χ2n) is 8.93. The molecule has 0 atom stereocenters. The molecular weight excluding hydrogens is 426 g/mol. The van der Waals surface area contributed by atoms with Gasteiger partial charge in [-0.1, -0.05) is 84.9 Å². The lowest BCUT2D eigenvalue weighted by atomic mass is 9.66. The molecule has 0 N–H and O–H groups in total. The summed E-state index contributed by atoms with van der Waals surface area (Å²) in [5, 5.41) is 1.18. The van der Waals surface area contributed by atoms with Crippen molar-refractivity contribution in [3.05, 3.63) is 150 Å². The molecular formula is C32H21N3. The van der Waals surface area contributed by atoms with Gasteiger partial charge in [-0.25, -0.2) is 9.97 Å².